The number of hydrogen-bond donors (Lipinski definition) is 2. The number of anilines is 1. The number of nitrogens with one attached hydrogen (secondary N) is 2. The summed E-state index contributed by atoms with van der Waals surface area (Å²) >= 11 is 6.08. The van der Waals surface area contributed by atoms with E-state index in [1.807, 2.05) is 40.0 Å². The van der Waals surface area contributed by atoms with Gasteiger partial charge in [-0.15, -0.1) is 0 Å². The van der Waals surface area contributed by atoms with Crippen LogP contribution >= 0.6 is 11.6 Å². The second kappa shape index (κ2) is 6.07. The van der Waals surface area contributed by atoms with Crippen LogP contribution in [0.4, 0.5) is 10.5 Å². The van der Waals surface area contributed by atoms with Crippen LogP contribution in [0.1, 0.15) is 26.3 Å². The topological polar surface area (TPSA) is 50.4 Å². The van der Waals surface area contributed by atoms with Crippen molar-refractivity contribution in [3.8, 4) is 0 Å². The van der Waals surface area contributed by atoms with Crippen LogP contribution in [-0.2, 0) is 11.3 Å². The Balaban J connectivity index is 2.71. The van der Waals surface area contributed by atoms with Crippen LogP contribution in [0, 0.1) is 0 Å². The number of hydrogen-bond acceptors (Lipinski definition) is 3. The van der Waals surface area contributed by atoms with Gasteiger partial charge in [-0.2, -0.15) is 0 Å². The highest BCUT2D eigenvalue weighted by Crippen LogP contribution is 2.23. The van der Waals surface area contributed by atoms with E-state index in [4.69, 9.17) is 16.3 Å². The molecule has 0 radical (unpaired) electrons. The van der Waals surface area contributed by atoms with Crippen LogP contribution in [0.2, 0.25) is 5.02 Å². The largest absolute Gasteiger partial charge is 0.444 e. The van der Waals surface area contributed by atoms with Gasteiger partial charge in [0.1, 0.15) is 5.60 Å². The first-order chi connectivity index (χ1) is 8.31. The van der Waals surface area contributed by atoms with Gasteiger partial charge in [0.2, 0.25) is 0 Å². The van der Waals surface area contributed by atoms with E-state index < -0.39 is 11.7 Å². The Morgan fingerprint density at radius 2 is 2.06 bits per heavy atom. The minimum atomic E-state index is -0.525. The number of benzene rings is 1. The highest BCUT2D eigenvalue weighted by atomic mass is 35.5. The smallest absolute Gasteiger partial charge is 0.412 e. The average Bonchev–Trinajstić information content (AvgIpc) is 2.20. The van der Waals surface area contributed by atoms with E-state index >= 15 is 0 Å². The van der Waals surface area contributed by atoms with Gasteiger partial charge >= 0.3 is 6.09 Å². The number of carbonyl (C=O) groups excluding carboxylic acids is 1. The molecule has 0 spiro atoms. The van der Waals surface area contributed by atoms with Gasteiger partial charge < -0.3 is 10.1 Å². The maximum atomic E-state index is 11.6. The van der Waals surface area contributed by atoms with Crippen molar-refractivity contribution < 1.29 is 9.53 Å². The Morgan fingerprint density at radius 1 is 1.39 bits per heavy atom. The fraction of sp³-hybridized carbons (Fsp3) is 0.462. The summed E-state index contributed by atoms with van der Waals surface area (Å²) in [6.45, 7) is 6.16. The number of rotatable bonds is 3. The maximum Gasteiger partial charge on any atom is 0.412 e. The molecule has 1 aromatic rings. The highest BCUT2D eigenvalue weighted by molar-refractivity contribution is 6.33. The predicted octanol–water partition coefficient (Wildman–Crippen LogP) is 3.41. The Morgan fingerprint density at radius 3 is 2.56 bits per heavy atom. The average molecular weight is 271 g/mol. The van der Waals surface area contributed by atoms with Gasteiger partial charge in [-0.3, -0.25) is 5.32 Å². The first-order valence-corrected chi connectivity index (χ1v) is 6.12. The molecule has 0 saturated carbocycles. The molecule has 1 aromatic carbocycles. The molecule has 1 amide bonds. The predicted molar refractivity (Wildman–Crippen MR) is 74.1 cm³/mol. The van der Waals surface area contributed by atoms with E-state index in [1.54, 1.807) is 6.07 Å². The van der Waals surface area contributed by atoms with E-state index in [2.05, 4.69) is 10.6 Å². The molecule has 0 aromatic heterocycles. The lowest BCUT2D eigenvalue weighted by atomic mass is 10.2. The molecule has 0 saturated heterocycles. The van der Waals surface area contributed by atoms with E-state index in [1.165, 1.54) is 0 Å². The van der Waals surface area contributed by atoms with Gasteiger partial charge in [0.15, 0.2) is 0 Å². The minimum Gasteiger partial charge on any atom is -0.444 e. The van der Waals surface area contributed by atoms with E-state index in [9.17, 15) is 4.79 Å². The van der Waals surface area contributed by atoms with Gasteiger partial charge in [0, 0.05) is 6.54 Å². The monoisotopic (exact) mass is 270 g/mol. The van der Waals surface area contributed by atoms with E-state index in [0.717, 1.165) is 12.1 Å². The van der Waals surface area contributed by atoms with Crippen molar-refractivity contribution in [3.63, 3.8) is 0 Å². The third-order valence-electron chi connectivity index (χ3n) is 2.05. The summed E-state index contributed by atoms with van der Waals surface area (Å²) in [6, 6.07) is 5.47. The van der Waals surface area contributed by atoms with Crippen molar-refractivity contribution in [1.29, 1.82) is 0 Å². The third-order valence-corrected chi connectivity index (χ3v) is 2.36. The molecule has 0 aliphatic heterocycles. The van der Waals surface area contributed by atoms with Crippen molar-refractivity contribution in [3.05, 3.63) is 28.8 Å². The number of carbonyl (C=O) groups is 1. The Kier molecular flexibility index (Phi) is 4.99. The molecule has 0 bridgehead atoms. The first-order valence-electron chi connectivity index (χ1n) is 5.75. The summed E-state index contributed by atoms with van der Waals surface area (Å²) in [6.07, 6.45) is -0.509. The van der Waals surface area contributed by atoms with Crippen LogP contribution in [0.3, 0.4) is 0 Å². The normalized spacial score (nSPS) is 11.2. The van der Waals surface area contributed by atoms with Crippen molar-refractivity contribution in [2.75, 3.05) is 12.4 Å². The van der Waals surface area contributed by atoms with Crippen LogP contribution in [-0.4, -0.2) is 18.7 Å². The molecule has 0 heterocycles. The fourth-order valence-corrected chi connectivity index (χ4v) is 1.64. The molecule has 0 aliphatic rings. The molecular formula is C13H19ClN2O2. The second-order valence-corrected chi connectivity index (χ2v) is 5.38. The summed E-state index contributed by atoms with van der Waals surface area (Å²) in [7, 11) is 1.86. The summed E-state index contributed by atoms with van der Waals surface area (Å²) < 4.78 is 5.15. The molecule has 5 heteroatoms. The standard InChI is InChI=1S/C13H19ClN2O2/c1-13(2,3)18-12(17)16-11-6-5-9(8-15-4)7-10(11)14/h5-7,15H,8H2,1-4H3,(H,16,17). The quantitative estimate of drug-likeness (QED) is 0.885. The number of amides is 1. The van der Waals surface area contributed by atoms with Gasteiger partial charge in [-0.25, -0.2) is 4.79 Å². The number of ether oxygens (including phenoxy) is 1. The molecular weight excluding hydrogens is 252 g/mol. The lowest BCUT2D eigenvalue weighted by Gasteiger charge is -2.20. The third kappa shape index (κ3) is 4.94. The fourth-order valence-electron chi connectivity index (χ4n) is 1.39. The number of halogens is 1. The summed E-state index contributed by atoms with van der Waals surface area (Å²) in [4.78, 5) is 11.6. The Hall–Kier alpha value is -1.26. The van der Waals surface area contributed by atoms with Gasteiger partial charge in [0.25, 0.3) is 0 Å². The molecule has 1 rings (SSSR count). The highest BCUT2D eigenvalue weighted by Gasteiger charge is 2.16. The zero-order valence-electron chi connectivity index (χ0n) is 11.1. The van der Waals surface area contributed by atoms with E-state index in [-0.39, 0.29) is 0 Å². The van der Waals surface area contributed by atoms with Crippen LogP contribution in [0.5, 0.6) is 0 Å². The van der Waals surface area contributed by atoms with Crippen LogP contribution < -0.4 is 10.6 Å². The molecule has 4 nitrogen and oxygen atoms in total. The van der Waals surface area contributed by atoms with E-state index in [0.29, 0.717) is 10.7 Å². The first kappa shape index (κ1) is 14.8. The summed E-state index contributed by atoms with van der Waals surface area (Å²) in [5.41, 5.74) is 1.07. The van der Waals surface area contributed by atoms with Crippen molar-refractivity contribution in [1.82, 2.24) is 5.32 Å². The molecule has 0 atom stereocenters. The van der Waals surface area contributed by atoms with Gasteiger partial charge in [-0.1, -0.05) is 17.7 Å². The maximum absolute atomic E-state index is 11.6. The lowest BCUT2D eigenvalue weighted by Crippen LogP contribution is -2.27. The zero-order valence-corrected chi connectivity index (χ0v) is 11.9. The Bertz CT molecular complexity index is 427. The van der Waals surface area contributed by atoms with Crippen LogP contribution in [0.15, 0.2) is 18.2 Å². The van der Waals surface area contributed by atoms with Gasteiger partial charge in [0.05, 0.1) is 10.7 Å². The molecule has 0 fully saturated rings. The SMILES string of the molecule is CNCc1ccc(NC(=O)OC(C)(C)C)c(Cl)c1. The molecule has 100 valence electrons. The zero-order chi connectivity index (χ0) is 13.8. The second-order valence-electron chi connectivity index (χ2n) is 4.97. The molecule has 2 N–H and O–H groups in total. The molecule has 18 heavy (non-hydrogen) atoms. The molecule has 0 unspecified atom stereocenters. The summed E-state index contributed by atoms with van der Waals surface area (Å²) in [5.74, 6) is 0. The Labute approximate surface area is 113 Å². The summed E-state index contributed by atoms with van der Waals surface area (Å²) in [5, 5.41) is 6.15. The molecule has 0 aliphatic carbocycles. The minimum absolute atomic E-state index is 0.494. The van der Waals surface area contributed by atoms with Crippen molar-refractivity contribution >= 4 is 23.4 Å². The van der Waals surface area contributed by atoms with Crippen molar-refractivity contribution in [2.24, 2.45) is 0 Å². The van der Waals surface area contributed by atoms with Crippen molar-refractivity contribution in [2.45, 2.75) is 32.9 Å². The van der Waals surface area contributed by atoms with Crippen LogP contribution in [0.25, 0.3) is 0 Å². The van der Waals surface area contributed by atoms with Gasteiger partial charge in [-0.05, 0) is 45.5 Å². The lowest BCUT2D eigenvalue weighted by molar-refractivity contribution is 0.0636.